The summed E-state index contributed by atoms with van der Waals surface area (Å²) in [6.45, 7) is 3.85. The van der Waals surface area contributed by atoms with E-state index in [-0.39, 0.29) is 25.7 Å². The highest BCUT2D eigenvalue weighted by molar-refractivity contribution is 7.47. The van der Waals surface area contributed by atoms with Gasteiger partial charge in [0.1, 0.15) is 6.61 Å². The standard InChI is InChI=1S/C41H82NO8P/c1-6-8-10-12-14-16-18-20-21-23-25-27-29-31-33-35-41(44)50-39(37-48-51(45,46)49-38-42(3,4)5)36-47-40(43)34-32-30-28-26-24-22-19-17-15-13-11-9-7-2/h39H,6-38H2,1-5H3/p+1. The minimum Gasteiger partial charge on any atom is -0.462 e. The largest absolute Gasteiger partial charge is 0.476 e. The van der Waals surface area contributed by atoms with Crippen LogP contribution in [0.1, 0.15) is 206 Å². The van der Waals surface area contributed by atoms with Crippen LogP contribution in [0.4, 0.5) is 0 Å². The lowest BCUT2D eigenvalue weighted by Crippen LogP contribution is -2.36. The molecule has 0 aromatic rings. The minimum atomic E-state index is -4.38. The summed E-state index contributed by atoms with van der Waals surface area (Å²) in [5.41, 5.74) is 0. The zero-order valence-electron chi connectivity index (χ0n) is 34.1. The fraction of sp³-hybridized carbons (Fsp3) is 0.951. The van der Waals surface area contributed by atoms with Gasteiger partial charge in [-0.25, -0.2) is 9.09 Å². The van der Waals surface area contributed by atoms with Gasteiger partial charge in [0.15, 0.2) is 12.8 Å². The van der Waals surface area contributed by atoms with Crippen molar-refractivity contribution in [1.82, 2.24) is 0 Å². The number of hydrogen-bond donors (Lipinski definition) is 1. The van der Waals surface area contributed by atoms with E-state index in [2.05, 4.69) is 13.8 Å². The summed E-state index contributed by atoms with van der Waals surface area (Å²) in [4.78, 5) is 35.2. The van der Waals surface area contributed by atoms with Crippen molar-refractivity contribution < 1.29 is 42.1 Å². The molecule has 51 heavy (non-hydrogen) atoms. The topological polar surface area (TPSA) is 108 Å². The van der Waals surface area contributed by atoms with Crippen LogP contribution in [-0.2, 0) is 32.7 Å². The molecule has 0 bridgehead atoms. The molecular formula is C41H83NO8P+. The summed E-state index contributed by atoms with van der Waals surface area (Å²) in [6, 6.07) is 0. The van der Waals surface area contributed by atoms with Gasteiger partial charge in [-0.2, -0.15) is 0 Å². The Hall–Kier alpha value is -0.990. The predicted octanol–water partition coefficient (Wildman–Crippen LogP) is 12.0. The van der Waals surface area contributed by atoms with Crippen molar-refractivity contribution in [3.63, 3.8) is 0 Å². The Morgan fingerprint density at radius 1 is 0.510 bits per heavy atom. The fourth-order valence-electron chi connectivity index (χ4n) is 6.01. The first-order valence-corrected chi connectivity index (χ1v) is 22.8. The highest BCUT2D eigenvalue weighted by atomic mass is 31.2. The van der Waals surface area contributed by atoms with Crippen LogP contribution in [-0.4, -0.2) is 68.5 Å². The molecule has 0 aromatic carbocycles. The van der Waals surface area contributed by atoms with Crippen molar-refractivity contribution in [2.24, 2.45) is 0 Å². The Bertz CT molecular complexity index is 850. The monoisotopic (exact) mass is 749 g/mol. The van der Waals surface area contributed by atoms with E-state index in [1.807, 2.05) is 21.1 Å². The van der Waals surface area contributed by atoms with Gasteiger partial charge in [0.25, 0.3) is 0 Å². The second-order valence-electron chi connectivity index (χ2n) is 15.8. The lowest BCUT2D eigenvalue weighted by Gasteiger charge is -2.25. The van der Waals surface area contributed by atoms with Crippen molar-refractivity contribution >= 4 is 19.8 Å². The van der Waals surface area contributed by atoms with E-state index in [1.165, 1.54) is 141 Å². The molecule has 0 aliphatic rings. The molecule has 2 atom stereocenters. The number of carbonyl (C=O) groups is 2. The first kappa shape index (κ1) is 50.0. The van der Waals surface area contributed by atoms with Gasteiger partial charge in [0, 0.05) is 12.8 Å². The highest BCUT2D eigenvalue weighted by Gasteiger charge is 2.28. The number of nitrogens with zero attached hydrogens (tertiary/aromatic N) is 1. The Morgan fingerprint density at radius 3 is 1.20 bits per heavy atom. The van der Waals surface area contributed by atoms with Crippen molar-refractivity contribution in [2.45, 2.75) is 213 Å². The molecule has 9 nitrogen and oxygen atoms in total. The third-order valence-corrected chi connectivity index (χ3v) is 10.1. The van der Waals surface area contributed by atoms with Crippen molar-refractivity contribution in [1.29, 1.82) is 0 Å². The number of carbonyl (C=O) groups excluding carboxylic acids is 2. The van der Waals surface area contributed by atoms with Gasteiger partial charge >= 0.3 is 19.8 Å². The molecule has 10 heteroatoms. The van der Waals surface area contributed by atoms with E-state index < -0.39 is 26.5 Å². The summed E-state index contributed by atoms with van der Waals surface area (Å²) >= 11 is 0. The van der Waals surface area contributed by atoms with Crippen LogP contribution in [0, 0.1) is 0 Å². The predicted molar refractivity (Wildman–Crippen MR) is 210 cm³/mol. The molecule has 1 N–H and O–H groups in total. The number of unbranched alkanes of at least 4 members (excludes halogenated alkanes) is 26. The van der Waals surface area contributed by atoms with Gasteiger partial charge in [-0.1, -0.05) is 181 Å². The maximum absolute atomic E-state index is 12.6. The summed E-state index contributed by atoms with van der Waals surface area (Å²) in [7, 11) is 1.08. The van der Waals surface area contributed by atoms with Crippen molar-refractivity contribution in [3.8, 4) is 0 Å². The zero-order chi connectivity index (χ0) is 37.9. The highest BCUT2D eigenvalue weighted by Crippen LogP contribution is 2.43. The van der Waals surface area contributed by atoms with Gasteiger partial charge in [-0.3, -0.25) is 14.1 Å². The van der Waals surface area contributed by atoms with E-state index >= 15 is 0 Å². The van der Waals surface area contributed by atoms with Crippen LogP contribution in [0.15, 0.2) is 0 Å². The molecule has 0 aromatic heterocycles. The number of hydrogen-bond acceptors (Lipinski definition) is 7. The summed E-state index contributed by atoms with van der Waals surface area (Å²) in [6.07, 6.45) is 34.2. The van der Waals surface area contributed by atoms with Gasteiger partial charge in [-0.05, 0) is 12.8 Å². The SMILES string of the molecule is CCCCCCCCCCCCCCCCCC(=O)OC(COC(=O)CCCCCCCCCCCCCCC)COP(=O)(O)OC[N+](C)(C)C. The molecule has 304 valence electrons. The lowest BCUT2D eigenvalue weighted by atomic mass is 10.0. The van der Waals surface area contributed by atoms with Crippen LogP contribution < -0.4 is 0 Å². The van der Waals surface area contributed by atoms with E-state index in [4.69, 9.17) is 18.5 Å². The number of esters is 2. The molecule has 2 unspecified atom stereocenters. The van der Waals surface area contributed by atoms with Crippen LogP contribution in [0.2, 0.25) is 0 Å². The zero-order valence-corrected chi connectivity index (χ0v) is 35.0. The molecule has 0 spiro atoms. The summed E-state index contributed by atoms with van der Waals surface area (Å²) < 4.78 is 33.9. The van der Waals surface area contributed by atoms with Crippen LogP contribution >= 0.6 is 7.82 Å². The maximum atomic E-state index is 12.6. The van der Waals surface area contributed by atoms with Gasteiger partial charge in [-0.15, -0.1) is 0 Å². The van der Waals surface area contributed by atoms with E-state index in [9.17, 15) is 19.0 Å². The van der Waals surface area contributed by atoms with E-state index in [0.29, 0.717) is 17.3 Å². The third-order valence-electron chi connectivity index (χ3n) is 9.23. The number of quaternary nitrogens is 1. The van der Waals surface area contributed by atoms with Crippen LogP contribution in [0.25, 0.3) is 0 Å². The van der Waals surface area contributed by atoms with Crippen LogP contribution in [0.3, 0.4) is 0 Å². The average molecular weight is 749 g/mol. The first-order chi connectivity index (χ1) is 24.5. The molecule has 0 fully saturated rings. The molecule has 0 saturated heterocycles. The number of phosphoric acid groups is 1. The molecule has 0 rings (SSSR count). The maximum Gasteiger partial charge on any atom is 0.476 e. The third kappa shape index (κ3) is 38.5. The molecule has 0 aliphatic carbocycles. The Morgan fingerprint density at radius 2 is 0.843 bits per heavy atom. The molecular weight excluding hydrogens is 665 g/mol. The number of ether oxygens (including phenoxy) is 2. The molecule has 0 aliphatic heterocycles. The molecule has 0 radical (unpaired) electrons. The average Bonchev–Trinajstić information content (AvgIpc) is 3.08. The van der Waals surface area contributed by atoms with E-state index in [0.717, 1.165) is 32.1 Å². The minimum absolute atomic E-state index is 0.0362. The quantitative estimate of drug-likeness (QED) is 0.0218. The smallest absolute Gasteiger partial charge is 0.462 e. The Kier molecular flexibility index (Phi) is 34.1. The fourth-order valence-corrected chi connectivity index (χ4v) is 6.93. The second-order valence-corrected chi connectivity index (χ2v) is 17.3. The number of rotatable bonds is 39. The molecule has 0 saturated carbocycles. The van der Waals surface area contributed by atoms with Gasteiger partial charge in [0.2, 0.25) is 0 Å². The summed E-state index contributed by atoms with van der Waals surface area (Å²) in [5.74, 6) is -0.791. The Balaban J connectivity index is 4.29. The van der Waals surface area contributed by atoms with Gasteiger partial charge < -0.3 is 18.9 Å². The second kappa shape index (κ2) is 34.8. The molecule has 0 amide bonds. The lowest BCUT2D eigenvalue weighted by molar-refractivity contribution is -0.887. The summed E-state index contributed by atoms with van der Waals surface area (Å²) in [5, 5.41) is 0. The Labute approximate surface area is 314 Å². The number of phosphoric ester groups is 1. The first-order valence-electron chi connectivity index (χ1n) is 21.3. The van der Waals surface area contributed by atoms with Gasteiger partial charge in [0.05, 0.1) is 27.7 Å². The molecule has 0 heterocycles. The van der Waals surface area contributed by atoms with Crippen LogP contribution in [0.5, 0.6) is 0 Å². The van der Waals surface area contributed by atoms with Crippen molar-refractivity contribution in [3.05, 3.63) is 0 Å². The normalized spacial score (nSPS) is 13.6. The van der Waals surface area contributed by atoms with Crippen molar-refractivity contribution in [2.75, 3.05) is 41.1 Å². The van der Waals surface area contributed by atoms with E-state index in [1.54, 1.807) is 0 Å².